The van der Waals surface area contributed by atoms with Crippen molar-refractivity contribution in [2.45, 2.75) is 0 Å². The van der Waals surface area contributed by atoms with E-state index in [9.17, 15) is 0 Å². The summed E-state index contributed by atoms with van der Waals surface area (Å²) in [5, 5.41) is 0. The summed E-state index contributed by atoms with van der Waals surface area (Å²) in [7, 11) is 0. The standard InChI is InChI=1S/C36H30BN3/c38-32-12-7-11-31(25-32)37(29-9-3-1-4-10-29)30-21-17-27(18-22-30)28-19-23-35(24-20-28)40(34-14-5-2-6-15-34)36-16-8-13-33(39)26-36/h1-26H,38-39H2. The zero-order valence-corrected chi connectivity index (χ0v) is 22.2. The SMILES string of the molecule is Nc1cccc(B(c2ccccc2)c2ccc(-c3ccc(N(c4ccccc4)c4cccc(N)c4)cc3)cc2)c1. The molecule has 0 bridgehead atoms. The molecular formula is C36H30BN3. The molecule has 0 aliphatic carbocycles. The minimum atomic E-state index is 0.110. The molecule has 0 unspecified atom stereocenters. The highest BCUT2D eigenvalue weighted by molar-refractivity contribution is 6.95. The number of nitrogens with two attached hydrogens (primary N) is 2. The fourth-order valence-electron chi connectivity index (χ4n) is 5.32. The maximum atomic E-state index is 6.16. The Labute approximate surface area is 236 Å². The summed E-state index contributed by atoms with van der Waals surface area (Å²) >= 11 is 0. The van der Waals surface area contributed by atoms with Crippen LogP contribution >= 0.6 is 0 Å². The Morgan fingerprint density at radius 1 is 0.375 bits per heavy atom. The van der Waals surface area contributed by atoms with Crippen LogP contribution < -0.4 is 32.8 Å². The average Bonchev–Trinajstić information content (AvgIpc) is 3.00. The molecule has 40 heavy (non-hydrogen) atoms. The number of benzene rings is 6. The van der Waals surface area contributed by atoms with Crippen LogP contribution in [0.3, 0.4) is 0 Å². The number of nitrogen functional groups attached to an aromatic ring is 2. The Bertz CT molecular complexity index is 1570. The molecule has 0 aromatic heterocycles. The van der Waals surface area contributed by atoms with Gasteiger partial charge in [-0.2, -0.15) is 0 Å². The molecule has 3 nitrogen and oxygen atoms in total. The van der Waals surface area contributed by atoms with Gasteiger partial charge in [0.15, 0.2) is 0 Å². The monoisotopic (exact) mass is 515 g/mol. The van der Waals surface area contributed by atoms with Gasteiger partial charge in [-0.1, -0.05) is 120 Å². The summed E-state index contributed by atoms with van der Waals surface area (Å²) in [6, 6.07) is 54.7. The molecule has 0 aliphatic rings. The van der Waals surface area contributed by atoms with E-state index < -0.39 is 0 Å². The van der Waals surface area contributed by atoms with Gasteiger partial charge < -0.3 is 16.4 Å². The highest BCUT2D eigenvalue weighted by Crippen LogP contribution is 2.36. The van der Waals surface area contributed by atoms with Crippen LogP contribution in [0.2, 0.25) is 0 Å². The van der Waals surface area contributed by atoms with E-state index in [2.05, 4.69) is 126 Å². The topological polar surface area (TPSA) is 55.3 Å². The third kappa shape index (κ3) is 5.34. The van der Waals surface area contributed by atoms with Gasteiger partial charge in [-0.15, -0.1) is 0 Å². The second kappa shape index (κ2) is 11.3. The van der Waals surface area contributed by atoms with Crippen molar-refractivity contribution >= 4 is 51.5 Å². The van der Waals surface area contributed by atoms with E-state index in [4.69, 9.17) is 11.5 Å². The first-order valence-corrected chi connectivity index (χ1v) is 13.5. The lowest BCUT2D eigenvalue weighted by atomic mass is 9.37. The van der Waals surface area contributed by atoms with Crippen molar-refractivity contribution in [2.75, 3.05) is 16.4 Å². The van der Waals surface area contributed by atoms with Crippen LogP contribution in [0.1, 0.15) is 0 Å². The predicted molar refractivity (Wildman–Crippen MR) is 173 cm³/mol. The normalized spacial score (nSPS) is 10.7. The van der Waals surface area contributed by atoms with Crippen LogP contribution in [0, 0.1) is 0 Å². The van der Waals surface area contributed by atoms with Crippen molar-refractivity contribution in [3.8, 4) is 11.1 Å². The molecule has 0 radical (unpaired) electrons. The van der Waals surface area contributed by atoms with Crippen molar-refractivity contribution in [1.82, 2.24) is 0 Å². The Morgan fingerprint density at radius 2 is 0.850 bits per heavy atom. The summed E-state index contributed by atoms with van der Waals surface area (Å²) in [5.74, 6) is 0. The van der Waals surface area contributed by atoms with Crippen molar-refractivity contribution in [1.29, 1.82) is 0 Å². The zero-order valence-electron chi connectivity index (χ0n) is 22.2. The molecule has 4 N–H and O–H groups in total. The molecule has 192 valence electrons. The lowest BCUT2D eigenvalue weighted by Gasteiger charge is -2.26. The Kier molecular flexibility index (Phi) is 7.06. The molecule has 0 saturated carbocycles. The number of hydrogen-bond acceptors (Lipinski definition) is 3. The highest BCUT2D eigenvalue weighted by Gasteiger charge is 2.21. The second-order valence-corrected chi connectivity index (χ2v) is 9.95. The largest absolute Gasteiger partial charge is 0.399 e. The van der Waals surface area contributed by atoms with Gasteiger partial charge in [0.25, 0.3) is 0 Å². The van der Waals surface area contributed by atoms with Crippen LogP contribution in [-0.4, -0.2) is 6.71 Å². The first-order valence-electron chi connectivity index (χ1n) is 13.5. The van der Waals surface area contributed by atoms with Gasteiger partial charge in [-0.05, 0) is 65.7 Å². The summed E-state index contributed by atoms with van der Waals surface area (Å²) in [6.07, 6.45) is 0. The van der Waals surface area contributed by atoms with Gasteiger partial charge in [-0.25, -0.2) is 0 Å². The van der Waals surface area contributed by atoms with E-state index in [1.165, 1.54) is 22.0 Å². The first kappa shape index (κ1) is 25.1. The Balaban J connectivity index is 1.32. The van der Waals surface area contributed by atoms with Gasteiger partial charge in [0.2, 0.25) is 6.71 Å². The molecule has 0 aliphatic heterocycles. The van der Waals surface area contributed by atoms with Gasteiger partial charge in [0, 0.05) is 28.4 Å². The van der Waals surface area contributed by atoms with E-state index >= 15 is 0 Å². The van der Waals surface area contributed by atoms with Crippen LogP contribution in [0.25, 0.3) is 11.1 Å². The Hall–Kier alpha value is -5.22. The van der Waals surface area contributed by atoms with Crippen LogP contribution in [-0.2, 0) is 0 Å². The van der Waals surface area contributed by atoms with Gasteiger partial charge in [0.05, 0.1) is 0 Å². The molecule has 6 aromatic rings. The van der Waals surface area contributed by atoms with Crippen LogP contribution in [0.15, 0.2) is 158 Å². The number of rotatable bonds is 7. The molecule has 6 rings (SSSR count). The number of hydrogen-bond donors (Lipinski definition) is 2. The lowest BCUT2D eigenvalue weighted by Crippen LogP contribution is -2.51. The molecule has 0 amide bonds. The molecule has 0 spiro atoms. The third-order valence-electron chi connectivity index (χ3n) is 7.22. The average molecular weight is 515 g/mol. The van der Waals surface area contributed by atoms with Crippen molar-refractivity contribution in [2.24, 2.45) is 0 Å². The maximum Gasteiger partial charge on any atom is 0.241 e. The fourth-order valence-corrected chi connectivity index (χ4v) is 5.32. The van der Waals surface area contributed by atoms with Crippen LogP contribution in [0.5, 0.6) is 0 Å². The van der Waals surface area contributed by atoms with E-state index in [0.717, 1.165) is 34.0 Å². The Morgan fingerprint density at radius 3 is 1.48 bits per heavy atom. The van der Waals surface area contributed by atoms with Crippen molar-refractivity contribution in [3.63, 3.8) is 0 Å². The molecule has 0 saturated heterocycles. The predicted octanol–water partition coefficient (Wildman–Crippen LogP) is 6.50. The second-order valence-electron chi connectivity index (χ2n) is 9.95. The van der Waals surface area contributed by atoms with E-state index in [1.807, 2.05) is 36.4 Å². The summed E-state index contributed by atoms with van der Waals surface area (Å²) < 4.78 is 0. The van der Waals surface area contributed by atoms with Crippen LogP contribution in [0.4, 0.5) is 28.4 Å². The van der Waals surface area contributed by atoms with Gasteiger partial charge in [0.1, 0.15) is 0 Å². The smallest absolute Gasteiger partial charge is 0.241 e. The summed E-state index contributed by atoms with van der Waals surface area (Å²) in [4.78, 5) is 2.22. The van der Waals surface area contributed by atoms with Gasteiger partial charge >= 0.3 is 0 Å². The molecule has 4 heteroatoms. The van der Waals surface area contributed by atoms with Crippen molar-refractivity contribution in [3.05, 3.63) is 158 Å². The number of nitrogens with zero attached hydrogens (tertiary/aromatic N) is 1. The summed E-state index contributed by atoms with van der Waals surface area (Å²) in [5.41, 5.74) is 23.0. The van der Waals surface area contributed by atoms with E-state index in [1.54, 1.807) is 0 Å². The minimum absolute atomic E-state index is 0.110. The number of para-hydroxylation sites is 1. The lowest BCUT2D eigenvalue weighted by molar-refractivity contribution is 1.28. The van der Waals surface area contributed by atoms with Crippen molar-refractivity contribution < 1.29 is 0 Å². The quantitative estimate of drug-likeness (QED) is 0.188. The third-order valence-corrected chi connectivity index (χ3v) is 7.22. The first-order chi connectivity index (χ1) is 19.7. The summed E-state index contributed by atoms with van der Waals surface area (Å²) in [6.45, 7) is 0.110. The molecule has 0 fully saturated rings. The zero-order chi connectivity index (χ0) is 27.3. The fraction of sp³-hybridized carbons (Fsp3) is 0. The number of anilines is 5. The highest BCUT2D eigenvalue weighted by atomic mass is 15.1. The molecular weight excluding hydrogens is 485 g/mol. The van der Waals surface area contributed by atoms with Gasteiger partial charge in [-0.3, -0.25) is 0 Å². The van der Waals surface area contributed by atoms with E-state index in [0.29, 0.717) is 0 Å². The molecule has 0 heterocycles. The van der Waals surface area contributed by atoms with E-state index in [-0.39, 0.29) is 6.71 Å². The maximum absolute atomic E-state index is 6.16. The molecule has 0 atom stereocenters. The minimum Gasteiger partial charge on any atom is -0.399 e. The molecule has 6 aromatic carbocycles.